The maximum Gasteiger partial charge on any atom is 0.337 e. The molecule has 2 N–H and O–H groups in total. The van der Waals surface area contributed by atoms with E-state index >= 15 is 0 Å². The van der Waals surface area contributed by atoms with Crippen molar-refractivity contribution in [3.05, 3.63) is 89.5 Å². The molecule has 1 amide bonds. The Bertz CT molecular complexity index is 1250. The third-order valence-electron chi connectivity index (χ3n) is 5.96. The smallest absolute Gasteiger partial charge is 0.337 e. The van der Waals surface area contributed by atoms with Crippen LogP contribution < -0.4 is 15.5 Å². The van der Waals surface area contributed by atoms with Crippen LogP contribution in [0.25, 0.3) is 11.3 Å². The highest BCUT2D eigenvalue weighted by Gasteiger charge is 2.29. The largest absolute Gasteiger partial charge is 0.465 e. The minimum absolute atomic E-state index is 0.228. The molecule has 0 atom stereocenters. The van der Waals surface area contributed by atoms with Crippen molar-refractivity contribution in [3.8, 4) is 0 Å². The van der Waals surface area contributed by atoms with Crippen molar-refractivity contribution >= 4 is 40.2 Å². The Labute approximate surface area is 206 Å². The number of nitrogens with zero attached hydrogens (tertiary/aromatic N) is 2. The molecule has 1 aliphatic rings. The minimum atomic E-state index is -0.448. The van der Waals surface area contributed by atoms with E-state index < -0.39 is 5.97 Å². The number of ether oxygens (including phenoxy) is 1. The van der Waals surface area contributed by atoms with Gasteiger partial charge in [-0.05, 0) is 56.1 Å². The van der Waals surface area contributed by atoms with Gasteiger partial charge in [-0.15, -0.1) is 0 Å². The number of amides is 1. The van der Waals surface area contributed by atoms with Crippen LogP contribution >= 0.6 is 0 Å². The first-order chi connectivity index (χ1) is 16.9. The number of methoxy groups -OCH3 is 1. The predicted octanol–water partition coefficient (Wildman–Crippen LogP) is 4.40. The molecule has 7 nitrogen and oxygen atoms in total. The quantitative estimate of drug-likeness (QED) is 0.375. The third kappa shape index (κ3) is 5.36. The summed E-state index contributed by atoms with van der Waals surface area (Å²) in [6, 6.07) is 23.0. The lowest BCUT2D eigenvalue weighted by Crippen LogP contribution is -2.28. The number of hydrogen-bond donors (Lipinski definition) is 2. The molecule has 3 aromatic rings. The van der Waals surface area contributed by atoms with Crippen LogP contribution in [0.5, 0.6) is 0 Å². The zero-order valence-electron chi connectivity index (χ0n) is 20.5. The average molecular weight is 471 g/mol. The third-order valence-corrected chi connectivity index (χ3v) is 5.96. The summed E-state index contributed by atoms with van der Waals surface area (Å²) in [5.74, 6) is -0.676. The van der Waals surface area contributed by atoms with Crippen LogP contribution in [0.4, 0.5) is 17.1 Å². The van der Waals surface area contributed by atoms with Crippen molar-refractivity contribution in [2.75, 3.05) is 56.9 Å². The standard InChI is InChI=1S/C28H30N4O3/c1-31(2)16-17-32(3)22-13-11-21(12-14-22)29-26(19-8-6-5-7-9-19)25-23-15-10-20(28(34)35-4)18-24(23)30-27(25)33/h5-15,18,29H,16-17H2,1-4H3,(H,30,33)/b26-25-. The number of carbonyl (C=O) groups is 2. The van der Waals surface area contributed by atoms with Crippen LogP contribution in [-0.4, -0.2) is 58.1 Å². The number of likely N-dealkylation sites (N-methyl/N-ethyl adjacent to an activating group) is 2. The number of benzene rings is 3. The lowest BCUT2D eigenvalue weighted by atomic mass is 9.99. The molecule has 0 aromatic heterocycles. The van der Waals surface area contributed by atoms with Gasteiger partial charge in [0, 0.05) is 37.1 Å². The van der Waals surface area contributed by atoms with Gasteiger partial charge in [-0.2, -0.15) is 0 Å². The fourth-order valence-electron chi connectivity index (χ4n) is 3.97. The van der Waals surface area contributed by atoms with Crippen LogP contribution in [0.15, 0.2) is 72.8 Å². The van der Waals surface area contributed by atoms with Gasteiger partial charge in [0.25, 0.3) is 5.91 Å². The molecule has 0 aliphatic carbocycles. The molecular formula is C28H30N4O3. The van der Waals surface area contributed by atoms with Gasteiger partial charge in [0.2, 0.25) is 0 Å². The fourth-order valence-corrected chi connectivity index (χ4v) is 3.97. The van der Waals surface area contributed by atoms with Gasteiger partial charge in [0.15, 0.2) is 0 Å². The lowest BCUT2D eigenvalue weighted by Gasteiger charge is -2.22. The average Bonchev–Trinajstić information content (AvgIpc) is 3.20. The number of fused-ring (bicyclic) bond motifs is 1. The number of anilines is 3. The molecule has 3 aromatic carbocycles. The van der Waals surface area contributed by atoms with Gasteiger partial charge in [0.1, 0.15) is 0 Å². The summed E-state index contributed by atoms with van der Waals surface area (Å²) < 4.78 is 4.82. The number of esters is 1. The van der Waals surface area contributed by atoms with Gasteiger partial charge >= 0.3 is 5.97 Å². The second-order valence-corrected chi connectivity index (χ2v) is 8.72. The number of hydrogen-bond acceptors (Lipinski definition) is 6. The number of carbonyl (C=O) groups excluding carboxylic acids is 2. The van der Waals surface area contributed by atoms with E-state index in [4.69, 9.17) is 4.74 Å². The van der Waals surface area contributed by atoms with E-state index in [0.717, 1.165) is 35.6 Å². The van der Waals surface area contributed by atoms with E-state index in [0.29, 0.717) is 22.5 Å². The Morgan fingerprint density at radius 3 is 2.29 bits per heavy atom. The molecule has 0 saturated heterocycles. The van der Waals surface area contributed by atoms with E-state index in [1.165, 1.54) is 7.11 Å². The molecule has 0 bridgehead atoms. The first-order valence-corrected chi connectivity index (χ1v) is 11.4. The first kappa shape index (κ1) is 24.0. The summed E-state index contributed by atoms with van der Waals surface area (Å²) >= 11 is 0. The normalized spacial score (nSPS) is 13.8. The van der Waals surface area contributed by atoms with Crippen LogP contribution in [0.2, 0.25) is 0 Å². The zero-order chi connectivity index (χ0) is 24.9. The molecular weight excluding hydrogens is 440 g/mol. The van der Waals surface area contributed by atoms with Crippen molar-refractivity contribution in [2.45, 2.75) is 0 Å². The first-order valence-electron chi connectivity index (χ1n) is 11.4. The highest BCUT2D eigenvalue weighted by Crippen LogP contribution is 2.38. The van der Waals surface area contributed by atoms with Crippen molar-refractivity contribution in [1.82, 2.24) is 4.90 Å². The van der Waals surface area contributed by atoms with Gasteiger partial charge in [-0.3, -0.25) is 4.79 Å². The molecule has 0 fully saturated rings. The van der Waals surface area contributed by atoms with Gasteiger partial charge in [-0.1, -0.05) is 36.4 Å². The van der Waals surface area contributed by atoms with E-state index in [2.05, 4.69) is 53.7 Å². The maximum absolute atomic E-state index is 13.1. The lowest BCUT2D eigenvalue weighted by molar-refractivity contribution is -0.110. The van der Waals surface area contributed by atoms with Gasteiger partial charge < -0.3 is 25.2 Å². The van der Waals surface area contributed by atoms with Crippen LogP contribution in [0, 0.1) is 0 Å². The molecule has 0 spiro atoms. The summed E-state index contributed by atoms with van der Waals surface area (Å²) in [7, 11) is 7.54. The van der Waals surface area contributed by atoms with Crippen molar-refractivity contribution in [1.29, 1.82) is 0 Å². The highest BCUT2D eigenvalue weighted by atomic mass is 16.5. The Hall–Kier alpha value is -4.10. The van der Waals surface area contributed by atoms with E-state index in [1.54, 1.807) is 18.2 Å². The Kier molecular flexibility index (Phi) is 7.17. The molecule has 1 heterocycles. The minimum Gasteiger partial charge on any atom is -0.465 e. The highest BCUT2D eigenvalue weighted by molar-refractivity contribution is 6.37. The topological polar surface area (TPSA) is 73.9 Å². The Morgan fingerprint density at radius 1 is 0.914 bits per heavy atom. The SMILES string of the molecule is COC(=O)c1ccc2c(c1)NC(=O)/C2=C(\Nc1ccc(N(C)CCN(C)C)cc1)c1ccccc1. The van der Waals surface area contributed by atoms with Crippen LogP contribution in [0.1, 0.15) is 21.5 Å². The summed E-state index contributed by atoms with van der Waals surface area (Å²) in [5, 5.41) is 6.37. The van der Waals surface area contributed by atoms with Crippen LogP contribution in [0.3, 0.4) is 0 Å². The Morgan fingerprint density at radius 2 is 1.63 bits per heavy atom. The fraction of sp³-hybridized carbons (Fsp3) is 0.214. The van der Waals surface area contributed by atoms with E-state index in [1.807, 2.05) is 42.5 Å². The van der Waals surface area contributed by atoms with Crippen molar-refractivity contribution in [3.63, 3.8) is 0 Å². The number of nitrogens with one attached hydrogen (secondary N) is 2. The monoisotopic (exact) mass is 470 g/mol. The predicted molar refractivity (Wildman–Crippen MR) is 142 cm³/mol. The summed E-state index contributed by atoms with van der Waals surface area (Å²) in [6.07, 6.45) is 0. The molecule has 0 radical (unpaired) electrons. The van der Waals surface area contributed by atoms with Gasteiger partial charge in [0.05, 0.1) is 29.6 Å². The second kappa shape index (κ2) is 10.4. The Balaban J connectivity index is 1.70. The summed E-state index contributed by atoms with van der Waals surface area (Å²) in [5.41, 5.74) is 5.79. The second-order valence-electron chi connectivity index (χ2n) is 8.72. The molecule has 0 saturated carbocycles. The van der Waals surface area contributed by atoms with Crippen molar-refractivity contribution < 1.29 is 14.3 Å². The number of rotatable bonds is 8. The molecule has 1 aliphatic heterocycles. The van der Waals surface area contributed by atoms with E-state index in [-0.39, 0.29) is 5.91 Å². The summed E-state index contributed by atoms with van der Waals surface area (Å²) in [4.78, 5) is 29.4. The maximum atomic E-state index is 13.1. The molecule has 180 valence electrons. The molecule has 0 unspecified atom stereocenters. The van der Waals surface area contributed by atoms with Gasteiger partial charge in [-0.25, -0.2) is 4.79 Å². The molecule has 35 heavy (non-hydrogen) atoms. The molecule has 7 heteroatoms. The van der Waals surface area contributed by atoms with Crippen LogP contribution in [-0.2, 0) is 9.53 Å². The zero-order valence-corrected chi connectivity index (χ0v) is 20.5. The van der Waals surface area contributed by atoms with Crippen molar-refractivity contribution in [2.24, 2.45) is 0 Å². The summed E-state index contributed by atoms with van der Waals surface area (Å²) in [6.45, 7) is 1.89. The van der Waals surface area contributed by atoms with E-state index in [9.17, 15) is 9.59 Å². The molecule has 4 rings (SSSR count).